The van der Waals surface area contributed by atoms with E-state index in [1.807, 2.05) is 42.5 Å². The molecule has 0 heterocycles. The van der Waals surface area contributed by atoms with E-state index in [4.69, 9.17) is 4.74 Å². The Balaban J connectivity index is 1.57. The van der Waals surface area contributed by atoms with Gasteiger partial charge in [-0.3, -0.25) is 14.9 Å². The molecule has 0 spiro atoms. The largest absolute Gasteiger partial charge is 0.488 e. The molecule has 0 aliphatic heterocycles. The Bertz CT molecular complexity index is 1240. The van der Waals surface area contributed by atoms with E-state index in [1.165, 1.54) is 17.7 Å². The summed E-state index contributed by atoms with van der Waals surface area (Å²) in [6.45, 7) is 0.663. The minimum Gasteiger partial charge on any atom is -0.488 e. The van der Waals surface area contributed by atoms with Gasteiger partial charge in [0.25, 0.3) is 11.6 Å². The first-order valence-corrected chi connectivity index (χ1v) is 11.6. The van der Waals surface area contributed by atoms with Crippen LogP contribution in [0.1, 0.15) is 23.1 Å². The zero-order valence-electron chi connectivity index (χ0n) is 18.2. The van der Waals surface area contributed by atoms with Crippen molar-refractivity contribution < 1.29 is 14.5 Å². The zero-order chi connectivity index (χ0) is 24.3. The second kappa shape index (κ2) is 12.5. The van der Waals surface area contributed by atoms with Crippen LogP contribution in [-0.4, -0.2) is 17.4 Å². The molecule has 3 aromatic rings. The molecule has 8 heteroatoms. The molecular formula is C26H22IN3O4. The van der Waals surface area contributed by atoms with Gasteiger partial charge < -0.3 is 10.1 Å². The highest BCUT2D eigenvalue weighted by atomic mass is 127. The number of amides is 1. The number of non-ortho nitro benzene ring substituents is 1. The van der Waals surface area contributed by atoms with Gasteiger partial charge in [0.1, 0.15) is 24.0 Å². The highest BCUT2D eigenvalue weighted by Crippen LogP contribution is 2.25. The number of nitro groups is 1. The van der Waals surface area contributed by atoms with E-state index in [9.17, 15) is 20.2 Å². The molecule has 0 aliphatic rings. The smallest absolute Gasteiger partial charge is 0.269 e. The average Bonchev–Trinajstić information content (AvgIpc) is 2.85. The summed E-state index contributed by atoms with van der Waals surface area (Å²) < 4.78 is 6.59. The number of nitrogens with one attached hydrogen (secondary N) is 1. The minimum atomic E-state index is -0.444. The molecule has 0 aromatic heterocycles. The normalized spacial score (nSPS) is 10.9. The number of carbonyl (C=O) groups excluding carboxylic acids is 1. The van der Waals surface area contributed by atoms with Gasteiger partial charge in [-0.15, -0.1) is 0 Å². The molecule has 0 radical (unpaired) electrons. The number of carbonyl (C=O) groups is 1. The van der Waals surface area contributed by atoms with Crippen molar-refractivity contribution in [2.24, 2.45) is 0 Å². The van der Waals surface area contributed by atoms with Crippen molar-refractivity contribution in [3.63, 3.8) is 0 Å². The van der Waals surface area contributed by atoms with Gasteiger partial charge in [0.15, 0.2) is 0 Å². The molecule has 3 rings (SSSR count). The van der Waals surface area contributed by atoms with Gasteiger partial charge in [-0.1, -0.05) is 48.5 Å². The lowest BCUT2D eigenvalue weighted by Gasteiger charge is -2.09. The van der Waals surface area contributed by atoms with E-state index < -0.39 is 10.8 Å². The molecule has 3 aromatic carbocycles. The van der Waals surface area contributed by atoms with Crippen molar-refractivity contribution in [2.45, 2.75) is 19.4 Å². The molecule has 0 aliphatic carbocycles. The third-order valence-corrected chi connectivity index (χ3v) is 5.76. The minimum absolute atomic E-state index is 0.0126. The SMILES string of the molecule is N#C/C(=C/c1ccc(OCc2cccc([N+](=O)[O-])c2)c(I)c1)C(=O)NCCCc1ccccc1. The van der Waals surface area contributed by atoms with Crippen LogP contribution in [0.25, 0.3) is 6.08 Å². The van der Waals surface area contributed by atoms with Crippen LogP contribution < -0.4 is 10.1 Å². The van der Waals surface area contributed by atoms with Gasteiger partial charge in [0, 0.05) is 18.7 Å². The lowest BCUT2D eigenvalue weighted by Crippen LogP contribution is -2.25. The topological polar surface area (TPSA) is 105 Å². The van der Waals surface area contributed by atoms with Crippen molar-refractivity contribution in [3.8, 4) is 11.8 Å². The number of nitriles is 1. The predicted molar refractivity (Wildman–Crippen MR) is 138 cm³/mol. The third kappa shape index (κ3) is 7.42. The number of nitro benzene ring substituents is 1. The summed E-state index contributed by atoms with van der Waals surface area (Å²) in [5.41, 5.74) is 2.63. The first-order valence-electron chi connectivity index (χ1n) is 10.6. The van der Waals surface area contributed by atoms with Crippen LogP contribution >= 0.6 is 22.6 Å². The molecule has 0 bridgehead atoms. The van der Waals surface area contributed by atoms with Crippen LogP contribution in [0.2, 0.25) is 0 Å². The molecule has 0 unspecified atom stereocenters. The van der Waals surface area contributed by atoms with Crippen LogP contribution in [0.4, 0.5) is 5.69 Å². The lowest BCUT2D eigenvalue weighted by molar-refractivity contribution is -0.384. The summed E-state index contributed by atoms with van der Waals surface area (Å²) in [7, 11) is 0. The van der Waals surface area contributed by atoms with Gasteiger partial charge in [-0.25, -0.2) is 0 Å². The van der Waals surface area contributed by atoms with Crippen molar-refractivity contribution >= 4 is 40.3 Å². The monoisotopic (exact) mass is 567 g/mol. The van der Waals surface area contributed by atoms with Gasteiger partial charge in [-0.05, 0) is 70.3 Å². The number of hydrogen-bond donors (Lipinski definition) is 1. The van der Waals surface area contributed by atoms with Crippen molar-refractivity contribution in [3.05, 3.63) is 109 Å². The van der Waals surface area contributed by atoms with Crippen LogP contribution in [0.3, 0.4) is 0 Å². The number of nitrogens with zero attached hydrogens (tertiary/aromatic N) is 2. The fourth-order valence-corrected chi connectivity index (χ4v) is 3.89. The lowest BCUT2D eigenvalue weighted by atomic mass is 10.1. The number of halogens is 1. The second-order valence-corrected chi connectivity index (χ2v) is 8.58. The van der Waals surface area contributed by atoms with E-state index in [0.717, 1.165) is 16.4 Å². The maximum Gasteiger partial charge on any atom is 0.269 e. The fraction of sp³-hybridized carbons (Fsp3) is 0.154. The summed E-state index contributed by atoms with van der Waals surface area (Å²) in [5.74, 6) is 0.199. The Morgan fingerprint density at radius 1 is 1.09 bits per heavy atom. The molecule has 172 valence electrons. The molecule has 0 saturated carbocycles. The number of rotatable bonds is 10. The molecule has 0 saturated heterocycles. The predicted octanol–water partition coefficient (Wildman–Crippen LogP) is 5.43. The fourth-order valence-electron chi connectivity index (χ4n) is 3.19. The highest BCUT2D eigenvalue weighted by Gasteiger charge is 2.10. The molecule has 0 atom stereocenters. The third-order valence-electron chi connectivity index (χ3n) is 4.92. The molecular weight excluding hydrogens is 545 g/mol. The Hall–Kier alpha value is -3.71. The van der Waals surface area contributed by atoms with Gasteiger partial charge in [-0.2, -0.15) is 5.26 Å². The standard InChI is InChI=1S/C26H22IN3O4/c27-24-16-20(11-12-25(24)34-18-21-8-4-10-23(15-21)30(32)33)14-22(17-28)26(31)29-13-5-9-19-6-2-1-3-7-19/h1-4,6-8,10-12,14-16H,5,9,13,18H2,(H,29,31)/b22-14-. The summed E-state index contributed by atoms with van der Waals surface area (Å²) in [6, 6.07) is 23.6. The maximum atomic E-state index is 12.4. The molecule has 34 heavy (non-hydrogen) atoms. The maximum absolute atomic E-state index is 12.4. The van der Waals surface area contributed by atoms with Crippen molar-refractivity contribution in [1.29, 1.82) is 5.26 Å². The Kier molecular flexibility index (Phi) is 9.17. The van der Waals surface area contributed by atoms with Crippen LogP contribution in [0, 0.1) is 25.0 Å². The first-order chi connectivity index (χ1) is 16.5. The number of hydrogen-bond acceptors (Lipinski definition) is 5. The van der Waals surface area contributed by atoms with Crippen LogP contribution in [-0.2, 0) is 17.8 Å². The van der Waals surface area contributed by atoms with E-state index >= 15 is 0 Å². The number of aryl methyl sites for hydroxylation is 1. The molecule has 1 amide bonds. The summed E-state index contributed by atoms with van der Waals surface area (Å²) in [5, 5.41) is 23.2. The second-order valence-electron chi connectivity index (χ2n) is 7.42. The summed E-state index contributed by atoms with van der Waals surface area (Å²) in [4.78, 5) is 22.9. The summed E-state index contributed by atoms with van der Waals surface area (Å²) in [6.07, 6.45) is 3.17. The molecule has 1 N–H and O–H groups in total. The number of ether oxygens (including phenoxy) is 1. The Morgan fingerprint density at radius 3 is 2.56 bits per heavy atom. The van der Waals surface area contributed by atoms with Gasteiger partial charge in [0.2, 0.25) is 0 Å². The van der Waals surface area contributed by atoms with Crippen molar-refractivity contribution in [2.75, 3.05) is 6.54 Å². The van der Waals surface area contributed by atoms with E-state index in [0.29, 0.717) is 23.4 Å². The van der Waals surface area contributed by atoms with Crippen LogP contribution in [0.5, 0.6) is 5.75 Å². The van der Waals surface area contributed by atoms with E-state index in [2.05, 4.69) is 27.9 Å². The van der Waals surface area contributed by atoms with Crippen molar-refractivity contribution in [1.82, 2.24) is 5.32 Å². The van der Waals surface area contributed by atoms with Gasteiger partial charge >= 0.3 is 0 Å². The van der Waals surface area contributed by atoms with E-state index in [1.54, 1.807) is 30.3 Å². The first kappa shape index (κ1) is 24.9. The number of benzene rings is 3. The highest BCUT2D eigenvalue weighted by molar-refractivity contribution is 14.1. The Labute approximate surface area is 211 Å². The van der Waals surface area contributed by atoms with E-state index in [-0.39, 0.29) is 17.9 Å². The van der Waals surface area contributed by atoms with Gasteiger partial charge in [0.05, 0.1) is 8.49 Å². The van der Waals surface area contributed by atoms with Crippen LogP contribution in [0.15, 0.2) is 78.4 Å². The molecule has 7 nitrogen and oxygen atoms in total. The quantitative estimate of drug-likeness (QED) is 0.0878. The average molecular weight is 567 g/mol. The Morgan fingerprint density at radius 2 is 1.85 bits per heavy atom. The summed E-state index contributed by atoms with van der Waals surface area (Å²) >= 11 is 2.11. The zero-order valence-corrected chi connectivity index (χ0v) is 20.4. The molecule has 0 fully saturated rings.